The van der Waals surface area contributed by atoms with Gasteiger partial charge in [-0.2, -0.15) is 5.10 Å². The molecule has 1 fully saturated rings. The maximum atomic E-state index is 12.6. The molecular formula is C21H31N7O. The van der Waals surface area contributed by atoms with Crippen LogP contribution in [-0.4, -0.2) is 72.4 Å². The van der Waals surface area contributed by atoms with Crippen molar-refractivity contribution in [3.63, 3.8) is 0 Å². The number of rotatable bonds is 8. The van der Waals surface area contributed by atoms with Crippen LogP contribution >= 0.6 is 0 Å². The number of aromatic nitrogens is 2. The van der Waals surface area contributed by atoms with Crippen LogP contribution in [-0.2, 0) is 11.3 Å². The Labute approximate surface area is 172 Å². The first-order valence-corrected chi connectivity index (χ1v) is 10.3. The van der Waals surface area contributed by atoms with Gasteiger partial charge in [0.2, 0.25) is 5.91 Å². The van der Waals surface area contributed by atoms with E-state index in [4.69, 9.17) is 0 Å². The third-order valence-electron chi connectivity index (χ3n) is 4.89. The summed E-state index contributed by atoms with van der Waals surface area (Å²) < 4.78 is 1.91. The Balaban J connectivity index is 1.41. The minimum atomic E-state index is 0.0754. The number of guanidine groups is 1. The first-order chi connectivity index (χ1) is 14.3. The number of nitrogens with one attached hydrogen (secondary N) is 2. The monoisotopic (exact) mass is 397 g/mol. The number of carbonyl (C=O) groups excluding carboxylic acids is 1. The van der Waals surface area contributed by atoms with E-state index in [2.05, 4.69) is 37.8 Å². The van der Waals surface area contributed by atoms with Crippen molar-refractivity contribution in [3.05, 3.63) is 48.8 Å². The van der Waals surface area contributed by atoms with E-state index >= 15 is 0 Å². The molecule has 1 aliphatic rings. The van der Waals surface area contributed by atoms with Gasteiger partial charge in [0.1, 0.15) is 6.54 Å². The van der Waals surface area contributed by atoms with E-state index in [0.717, 1.165) is 52.2 Å². The number of nitrogens with zero attached hydrogens (tertiary/aromatic N) is 5. The van der Waals surface area contributed by atoms with Crippen LogP contribution in [0.4, 0.5) is 5.69 Å². The number of aliphatic imine (C=N–C) groups is 1. The first-order valence-electron chi connectivity index (χ1n) is 10.3. The summed E-state index contributed by atoms with van der Waals surface area (Å²) in [6.07, 6.45) is 4.67. The number of anilines is 1. The second-order valence-corrected chi connectivity index (χ2v) is 6.95. The Hall–Kier alpha value is -3.03. The van der Waals surface area contributed by atoms with Crippen LogP contribution in [0.3, 0.4) is 0 Å². The van der Waals surface area contributed by atoms with E-state index in [-0.39, 0.29) is 12.5 Å². The number of carbonyl (C=O) groups is 1. The predicted molar refractivity (Wildman–Crippen MR) is 116 cm³/mol. The van der Waals surface area contributed by atoms with Gasteiger partial charge in [-0.05, 0) is 31.5 Å². The minimum Gasteiger partial charge on any atom is -0.368 e. The fourth-order valence-corrected chi connectivity index (χ4v) is 3.32. The molecule has 0 spiro atoms. The van der Waals surface area contributed by atoms with Gasteiger partial charge in [0.25, 0.3) is 0 Å². The lowest BCUT2D eigenvalue weighted by molar-refractivity contribution is -0.129. The molecule has 1 amide bonds. The molecule has 1 aromatic heterocycles. The highest BCUT2D eigenvalue weighted by Gasteiger charge is 2.20. The molecule has 0 saturated carbocycles. The highest BCUT2D eigenvalue weighted by Crippen LogP contribution is 2.15. The van der Waals surface area contributed by atoms with Gasteiger partial charge in [-0.1, -0.05) is 18.2 Å². The minimum absolute atomic E-state index is 0.0754. The highest BCUT2D eigenvalue weighted by molar-refractivity contribution is 5.85. The lowest BCUT2D eigenvalue weighted by Gasteiger charge is -2.36. The normalized spacial score (nSPS) is 14.7. The van der Waals surface area contributed by atoms with Gasteiger partial charge in [0.05, 0.1) is 0 Å². The van der Waals surface area contributed by atoms with Gasteiger partial charge in [-0.3, -0.25) is 9.48 Å². The summed E-state index contributed by atoms with van der Waals surface area (Å²) in [5.74, 6) is 0.760. The molecule has 156 valence electrons. The molecular weight excluding hydrogens is 366 g/mol. The molecule has 29 heavy (non-hydrogen) atoms. The van der Waals surface area contributed by atoms with E-state index in [1.54, 1.807) is 6.20 Å². The van der Waals surface area contributed by atoms with Crippen molar-refractivity contribution >= 4 is 17.6 Å². The number of piperazine rings is 1. The Kier molecular flexibility index (Phi) is 7.91. The molecule has 8 heteroatoms. The van der Waals surface area contributed by atoms with E-state index in [0.29, 0.717) is 5.96 Å². The molecule has 3 rings (SSSR count). The molecule has 2 aromatic rings. The lowest BCUT2D eigenvalue weighted by Crippen LogP contribution is -2.49. The fraction of sp³-hybridized carbons (Fsp3) is 0.476. The van der Waals surface area contributed by atoms with Crippen molar-refractivity contribution in [2.45, 2.75) is 19.9 Å². The third kappa shape index (κ3) is 6.51. The Morgan fingerprint density at radius 2 is 1.90 bits per heavy atom. The smallest absolute Gasteiger partial charge is 0.244 e. The summed E-state index contributed by atoms with van der Waals surface area (Å²) in [4.78, 5) is 21.3. The molecule has 0 radical (unpaired) electrons. The van der Waals surface area contributed by atoms with Crippen LogP contribution in [0, 0.1) is 0 Å². The van der Waals surface area contributed by atoms with E-state index in [9.17, 15) is 4.79 Å². The fourth-order valence-electron chi connectivity index (χ4n) is 3.32. The average molecular weight is 398 g/mol. The number of hydrogen-bond donors (Lipinski definition) is 2. The highest BCUT2D eigenvalue weighted by atomic mass is 16.2. The van der Waals surface area contributed by atoms with Crippen molar-refractivity contribution in [2.75, 3.05) is 50.7 Å². The van der Waals surface area contributed by atoms with Gasteiger partial charge in [-0.15, -0.1) is 0 Å². The topological polar surface area (TPSA) is 77.8 Å². The zero-order valence-corrected chi connectivity index (χ0v) is 17.1. The molecule has 0 bridgehead atoms. The second kappa shape index (κ2) is 11.1. The quantitative estimate of drug-likeness (QED) is 0.397. The van der Waals surface area contributed by atoms with Gasteiger partial charge in [0, 0.05) is 63.9 Å². The summed E-state index contributed by atoms with van der Waals surface area (Å²) in [6.45, 7) is 7.74. The first kappa shape index (κ1) is 20.7. The van der Waals surface area contributed by atoms with Crippen molar-refractivity contribution in [3.8, 4) is 0 Å². The van der Waals surface area contributed by atoms with Crippen LogP contribution in [0.25, 0.3) is 0 Å². The van der Waals surface area contributed by atoms with Crippen LogP contribution in [0.2, 0.25) is 0 Å². The van der Waals surface area contributed by atoms with Crippen molar-refractivity contribution in [1.29, 1.82) is 0 Å². The van der Waals surface area contributed by atoms with Crippen molar-refractivity contribution in [2.24, 2.45) is 4.99 Å². The van der Waals surface area contributed by atoms with Crippen molar-refractivity contribution < 1.29 is 4.79 Å². The zero-order chi connectivity index (χ0) is 20.3. The Morgan fingerprint density at radius 1 is 1.10 bits per heavy atom. The maximum absolute atomic E-state index is 12.6. The molecule has 1 saturated heterocycles. The van der Waals surface area contributed by atoms with Gasteiger partial charge < -0.3 is 20.4 Å². The average Bonchev–Trinajstić information content (AvgIpc) is 3.29. The summed E-state index contributed by atoms with van der Waals surface area (Å²) in [5.41, 5.74) is 1.21. The molecule has 0 unspecified atom stereocenters. The largest absolute Gasteiger partial charge is 0.368 e. The summed E-state index contributed by atoms with van der Waals surface area (Å²) in [6, 6.07) is 12.3. The van der Waals surface area contributed by atoms with E-state index in [1.165, 1.54) is 5.69 Å². The van der Waals surface area contributed by atoms with E-state index < -0.39 is 0 Å². The number of aryl methyl sites for hydroxylation is 1. The molecule has 0 aliphatic carbocycles. The summed E-state index contributed by atoms with van der Waals surface area (Å²) in [7, 11) is 0. The van der Waals surface area contributed by atoms with Gasteiger partial charge >= 0.3 is 0 Å². The summed E-state index contributed by atoms with van der Waals surface area (Å²) >= 11 is 0. The SMILES string of the molecule is CCNC(=NCC(=O)N1CCN(c2ccccc2)CC1)NCCCn1cccn1. The van der Waals surface area contributed by atoms with Crippen molar-refractivity contribution in [1.82, 2.24) is 25.3 Å². The van der Waals surface area contributed by atoms with Crippen LogP contribution in [0.15, 0.2) is 53.8 Å². The zero-order valence-electron chi connectivity index (χ0n) is 17.1. The van der Waals surface area contributed by atoms with Gasteiger partial charge in [0.15, 0.2) is 5.96 Å². The number of amides is 1. The number of benzene rings is 1. The molecule has 2 heterocycles. The predicted octanol–water partition coefficient (Wildman–Crippen LogP) is 1.18. The third-order valence-corrected chi connectivity index (χ3v) is 4.89. The molecule has 1 aromatic carbocycles. The van der Waals surface area contributed by atoms with Crippen LogP contribution in [0.1, 0.15) is 13.3 Å². The summed E-state index contributed by atoms with van der Waals surface area (Å²) in [5, 5.41) is 10.7. The standard InChI is InChI=1S/C21H31N7O/c1-2-22-21(23-10-6-12-28-13-7-11-25-28)24-18-20(29)27-16-14-26(15-17-27)19-8-4-3-5-9-19/h3-5,7-9,11,13H,2,6,10,12,14-18H2,1H3,(H2,22,23,24). The number of hydrogen-bond acceptors (Lipinski definition) is 4. The molecule has 2 N–H and O–H groups in total. The molecule has 8 nitrogen and oxygen atoms in total. The number of para-hydroxylation sites is 1. The van der Waals surface area contributed by atoms with Gasteiger partial charge in [-0.25, -0.2) is 4.99 Å². The molecule has 0 atom stereocenters. The second-order valence-electron chi connectivity index (χ2n) is 6.95. The Morgan fingerprint density at radius 3 is 2.59 bits per heavy atom. The maximum Gasteiger partial charge on any atom is 0.244 e. The van der Waals surface area contributed by atoms with E-state index in [1.807, 2.05) is 47.0 Å². The van der Waals surface area contributed by atoms with Crippen LogP contribution in [0.5, 0.6) is 0 Å². The lowest BCUT2D eigenvalue weighted by atomic mass is 10.2. The molecule has 1 aliphatic heterocycles. The Bertz CT molecular complexity index is 753. The van der Waals surface area contributed by atoms with Crippen LogP contribution < -0.4 is 15.5 Å².